The predicted octanol–water partition coefficient (Wildman–Crippen LogP) is 27.8. The summed E-state index contributed by atoms with van der Waals surface area (Å²) in [5, 5.41) is 0. The van der Waals surface area contributed by atoms with Crippen molar-refractivity contribution >= 4 is 19.8 Å². The number of esters is 2. The number of phosphoric acid groups is 1. The summed E-state index contributed by atoms with van der Waals surface area (Å²) in [6.07, 6.45) is 115. The molecule has 0 heterocycles. The summed E-state index contributed by atoms with van der Waals surface area (Å²) in [5.41, 5.74) is 5.42. The van der Waals surface area contributed by atoms with Crippen LogP contribution in [0.15, 0.2) is 122 Å². The van der Waals surface area contributed by atoms with Crippen molar-refractivity contribution in [3.05, 3.63) is 122 Å². The monoisotopic (exact) mass is 1370 g/mol. The van der Waals surface area contributed by atoms with Gasteiger partial charge in [-0.25, -0.2) is 4.57 Å². The Hall–Kier alpha value is -3.59. The van der Waals surface area contributed by atoms with Crippen LogP contribution in [0.5, 0.6) is 0 Å². The fourth-order valence-electron chi connectivity index (χ4n) is 11.8. The van der Waals surface area contributed by atoms with Gasteiger partial charge in [-0.15, -0.1) is 0 Å². The second-order valence-electron chi connectivity index (χ2n) is 27.3. The van der Waals surface area contributed by atoms with Gasteiger partial charge in [0.2, 0.25) is 0 Å². The Morgan fingerprint density at radius 2 is 0.567 bits per heavy atom. The molecule has 0 aromatic rings. The molecule has 0 aromatic carbocycles. The van der Waals surface area contributed by atoms with E-state index in [0.717, 1.165) is 109 Å². The first-order valence-corrected chi connectivity index (χ1v) is 42.5. The summed E-state index contributed by atoms with van der Waals surface area (Å²) in [4.78, 5) is 35.5. The van der Waals surface area contributed by atoms with Gasteiger partial charge in [0.25, 0.3) is 0 Å². The summed E-state index contributed by atoms with van der Waals surface area (Å²) < 4.78 is 33.3. The SMILES string of the molecule is CC/C=C\C/C=C\C/C=C\C/C=C\C/C=C\C/C=C\C/C=C\C/C=C\C/C=C\C/C=C\CCCCCCCCCCCCC(=O)OC(COC(=O)CCCCCCCCCCCCCCCCCCCCCCCCCCCCCCCCCCCCC)COP(=O)(O)OCCN. The number of hydrogen-bond acceptors (Lipinski definition) is 8. The van der Waals surface area contributed by atoms with Crippen LogP contribution >= 0.6 is 7.82 Å². The molecule has 97 heavy (non-hydrogen) atoms. The van der Waals surface area contributed by atoms with Crippen LogP contribution in [0.25, 0.3) is 0 Å². The van der Waals surface area contributed by atoms with Crippen molar-refractivity contribution in [3.8, 4) is 0 Å². The molecular formula is C87H154NO8P. The fraction of sp³-hybridized carbons (Fsp3) is 0.747. The number of hydrogen-bond donors (Lipinski definition) is 2. The largest absolute Gasteiger partial charge is 0.472 e. The standard InChI is InChI=1S/C87H154NO8P/c1-3-5-7-9-11-13-15-17-19-21-23-25-27-29-31-33-35-37-39-40-41-42-43-44-46-48-50-52-54-56-58-60-62-64-66-68-70-72-74-76-78-80-87(90)96-85(84-95-97(91,92)94-82-81-88)83-93-86(89)79-77-75-73-71-69-67-65-63-61-59-57-55-53-51-49-47-45-38-36-34-32-30-28-26-24-22-20-18-16-14-12-10-8-6-4-2/h5,7,11,13,17,19,23,25,29,31,35,37,40-41,43-44,48,50,54,56,85H,3-4,6,8-10,12,14-16,18,20-22,24,26-28,30,32-34,36,38-39,42,45-47,49,51-53,55,57-84,88H2,1-2H3,(H,91,92)/b7-5-,13-11-,19-17-,25-23-,31-29-,37-35-,41-40-,44-43-,50-48-,56-54-. The molecule has 9 nitrogen and oxygen atoms in total. The molecule has 0 radical (unpaired) electrons. The van der Waals surface area contributed by atoms with Crippen LogP contribution in [0.4, 0.5) is 0 Å². The van der Waals surface area contributed by atoms with Crippen molar-refractivity contribution in [2.24, 2.45) is 5.73 Å². The van der Waals surface area contributed by atoms with E-state index in [2.05, 4.69) is 135 Å². The van der Waals surface area contributed by atoms with Gasteiger partial charge in [-0.05, 0) is 89.9 Å². The van der Waals surface area contributed by atoms with E-state index in [1.54, 1.807) is 0 Å². The van der Waals surface area contributed by atoms with E-state index < -0.39 is 26.5 Å². The lowest BCUT2D eigenvalue weighted by atomic mass is 10.0. The van der Waals surface area contributed by atoms with Crippen LogP contribution in [0.2, 0.25) is 0 Å². The Kier molecular flexibility index (Phi) is 78.4. The summed E-state index contributed by atoms with van der Waals surface area (Å²) in [5.74, 6) is -0.821. The van der Waals surface area contributed by atoms with Gasteiger partial charge >= 0.3 is 19.8 Å². The molecule has 0 amide bonds. The van der Waals surface area contributed by atoms with Gasteiger partial charge in [0.1, 0.15) is 6.61 Å². The van der Waals surface area contributed by atoms with E-state index >= 15 is 0 Å². The number of unbranched alkanes of at least 4 members (excludes halogenated alkanes) is 44. The zero-order valence-electron chi connectivity index (χ0n) is 63.3. The normalized spacial score (nSPS) is 13.5. The predicted molar refractivity (Wildman–Crippen MR) is 422 cm³/mol. The highest BCUT2D eigenvalue weighted by atomic mass is 31.2. The Morgan fingerprint density at radius 3 is 0.845 bits per heavy atom. The number of ether oxygens (including phenoxy) is 2. The van der Waals surface area contributed by atoms with Gasteiger partial charge in [-0.3, -0.25) is 18.6 Å². The number of carbonyl (C=O) groups excluding carboxylic acids is 2. The lowest BCUT2D eigenvalue weighted by Gasteiger charge is -2.19. The third-order valence-electron chi connectivity index (χ3n) is 17.9. The number of nitrogens with two attached hydrogens (primary N) is 1. The molecule has 10 heteroatoms. The first kappa shape index (κ1) is 93.4. The summed E-state index contributed by atoms with van der Waals surface area (Å²) in [6.45, 7) is 3.68. The van der Waals surface area contributed by atoms with E-state index in [4.69, 9.17) is 24.3 Å². The Labute approximate surface area is 600 Å². The van der Waals surface area contributed by atoms with Crippen LogP contribution in [-0.2, 0) is 32.7 Å². The van der Waals surface area contributed by atoms with Gasteiger partial charge in [0, 0.05) is 19.4 Å². The highest BCUT2D eigenvalue weighted by molar-refractivity contribution is 7.47. The van der Waals surface area contributed by atoms with Gasteiger partial charge < -0.3 is 20.1 Å². The molecule has 3 N–H and O–H groups in total. The van der Waals surface area contributed by atoms with Crippen molar-refractivity contribution in [2.75, 3.05) is 26.4 Å². The number of rotatable bonds is 77. The molecule has 0 aliphatic heterocycles. The topological polar surface area (TPSA) is 134 Å². The van der Waals surface area contributed by atoms with Crippen LogP contribution < -0.4 is 5.73 Å². The summed E-state index contributed by atoms with van der Waals surface area (Å²) in [6, 6.07) is 0. The Balaban J connectivity index is 3.84. The van der Waals surface area contributed by atoms with Crippen LogP contribution in [-0.4, -0.2) is 49.3 Å². The van der Waals surface area contributed by atoms with E-state index in [1.165, 1.54) is 244 Å². The molecule has 0 rings (SSSR count). The summed E-state index contributed by atoms with van der Waals surface area (Å²) in [7, 11) is -4.40. The molecule has 0 saturated carbocycles. The lowest BCUT2D eigenvalue weighted by Crippen LogP contribution is -2.29. The lowest BCUT2D eigenvalue weighted by molar-refractivity contribution is -0.161. The van der Waals surface area contributed by atoms with Gasteiger partial charge in [0.05, 0.1) is 13.2 Å². The highest BCUT2D eigenvalue weighted by Crippen LogP contribution is 2.43. The number of carbonyl (C=O) groups is 2. The van der Waals surface area contributed by atoms with Crippen molar-refractivity contribution in [1.82, 2.24) is 0 Å². The molecule has 0 bridgehead atoms. The molecular weight excluding hydrogens is 1220 g/mol. The molecule has 0 spiro atoms. The van der Waals surface area contributed by atoms with Crippen LogP contribution in [0.1, 0.15) is 386 Å². The second-order valence-corrected chi connectivity index (χ2v) is 28.7. The van der Waals surface area contributed by atoms with Gasteiger partial charge in [0.15, 0.2) is 6.10 Å². The third-order valence-corrected chi connectivity index (χ3v) is 18.8. The minimum absolute atomic E-state index is 0.0497. The van der Waals surface area contributed by atoms with E-state index in [0.29, 0.717) is 6.42 Å². The van der Waals surface area contributed by atoms with Crippen molar-refractivity contribution < 1.29 is 37.6 Å². The maximum absolute atomic E-state index is 12.8. The van der Waals surface area contributed by atoms with E-state index in [9.17, 15) is 19.0 Å². The zero-order chi connectivity index (χ0) is 70.0. The zero-order valence-corrected chi connectivity index (χ0v) is 64.2. The number of phosphoric ester groups is 1. The molecule has 2 atom stereocenters. The van der Waals surface area contributed by atoms with E-state index in [1.807, 2.05) is 0 Å². The molecule has 2 unspecified atom stereocenters. The number of allylic oxidation sites excluding steroid dienone is 20. The maximum atomic E-state index is 12.8. The molecule has 0 aromatic heterocycles. The van der Waals surface area contributed by atoms with Crippen molar-refractivity contribution in [2.45, 2.75) is 392 Å². The maximum Gasteiger partial charge on any atom is 0.472 e. The summed E-state index contributed by atoms with van der Waals surface area (Å²) >= 11 is 0. The molecule has 0 fully saturated rings. The van der Waals surface area contributed by atoms with Crippen molar-refractivity contribution in [1.29, 1.82) is 0 Å². The first-order valence-electron chi connectivity index (χ1n) is 41.0. The van der Waals surface area contributed by atoms with Crippen LogP contribution in [0, 0.1) is 0 Å². The molecule has 0 aliphatic rings. The molecule has 0 saturated heterocycles. The first-order chi connectivity index (χ1) is 47.8. The third kappa shape index (κ3) is 81.3. The molecule has 560 valence electrons. The van der Waals surface area contributed by atoms with Crippen LogP contribution in [0.3, 0.4) is 0 Å². The smallest absolute Gasteiger partial charge is 0.462 e. The fourth-order valence-corrected chi connectivity index (χ4v) is 12.6. The minimum Gasteiger partial charge on any atom is -0.462 e. The average Bonchev–Trinajstić information content (AvgIpc) is 2.57. The van der Waals surface area contributed by atoms with E-state index in [-0.39, 0.29) is 38.6 Å². The second kappa shape index (κ2) is 81.4. The Morgan fingerprint density at radius 1 is 0.320 bits per heavy atom. The van der Waals surface area contributed by atoms with Gasteiger partial charge in [-0.1, -0.05) is 405 Å². The van der Waals surface area contributed by atoms with Crippen molar-refractivity contribution in [3.63, 3.8) is 0 Å². The minimum atomic E-state index is -4.40. The molecule has 0 aliphatic carbocycles. The quantitative estimate of drug-likeness (QED) is 0.0264. The van der Waals surface area contributed by atoms with Gasteiger partial charge in [-0.2, -0.15) is 0 Å². The Bertz CT molecular complexity index is 2020. The average molecular weight is 1370 g/mol. The highest BCUT2D eigenvalue weighted by Gasteiger charge is 2.26.